The molecule has 102 valence electrons. The molecule has 0 radical (unpaired) electrons. The molecular weight excluding hydrogens is 236 g/mol. The number of benzene rings is 2. The third-order valence-corrected chi connectivity index (χ3v) is 2.00. The van der Waals surface area contributed by atoms with Crippen molar-refractivity contribution in [1.82, 2.24) is 0 Å². The first-order valence-corrected chi connectivity index (χ1v) is 6.66. The van der Waals surface area contributed by atoms with Gasteiger partial charge in [0.1, 0.15) is 17.8 Å². The molecule has 0 bridgehead atoms. The van der Waals surface area contributed by atoms with Crippen molar-refractivity contribution in [3.8, 4) is 11.5 Å². The topological polar surface area (TPSA) is 26.3 Å². The highest BCUT2D eigenvalue weighted by Gasteiger charge is 1.95. The van der Waals surface area contributed by atoms with Gasteiger partial charge in [-0.05, 0) is 36.4 Å². The van der Waals surface area contributed by atoms with Gasteiger partial charge in [0, 0.05) is 5.56 Å². The molecule has 0 saturated heterocycles. The average Bonchev–Trinajstić information content (AvgIpc) is 2.53. The molecular formula is C17H22O2. The van der Waals surface area contributed by atoms with Crippen LogP contribution in [-0.4, -0.2) is 6.29 Å². The first-order valence-electron chi connectivity index (χ1n) is 6.66. The fourth-order valence-corrected chi connectivity index (χ4v) is 1.24. The van der Waals surface area contributed by atoms with E-state index in [0.29, 0.717) is 5.56 Å². The Morgan fingerprint density at radius 2 is 1.21 bits per heavy atom. The molecule has 0 saturated carbocycles. The molecule has 0 aromatic heterocycles. The van der Waals surface area contributed by atoms with Gasteiger partial charge in [-0.3, -0.25) is 4.79 Å². The summed E-state index contributed by atoms with van der Waals surface area (Å²) in [5.74, 6) is 1.52. The largest absolute Gasteiger partial charge is 0.457 e. The van der Waals surface area contributed by atoms with Crippen LogP contribution in [0.2, 0.25) is 0 Å². The number of para-hydroxylation sites is 1. The van der Waals surface area contributed by atoms with Crippen LogP contribution in [-0.2, 0) is 0 Å². The van der Waals surface area contributed by atoms with E-state index in [9.17, 15) is 4.79 Å². The van der Waals surface area contributed by atoms with Crippen molar-refractivity contribution in [1.29, 1.82) is 0 Å². The number of hydrogen-bond acceptors (Lipinski definition) is 2. The summed E-state index contributed by atoms with van der Waals surface area (Å²) in [7, 11) is 0. The van der Waals surface area contributed by atoms with Crippen LogP contribution < -0.4 is 4.74 Å². The fourth-order valence-electron chi connectivity index (χ4n) is 1.24. The van der Waals surface area contributed by atoms with E-state index < -0.39 is 0 Å². The third-order valence-electron chi connectivity index (χ3n) is 2.00. The summed E-state index contributed by atoms with van der Waals surface area (Å²) in [6.45, 7) is 8.00. The molecule has 0 heterocycles. The smallest absolute Gasteiger partial charge is 0.150 e. The lowest BCUT2D eigenvalue weighted by Gasteiger charge is -2.04. The van der Waals surface area contributed by atoms with E-state index in [2.05, 4.69) is 0 Å². The van der Waals surface area contributed by atoms with Crippen molar-refractivity contribution in [3.05, 3.63) is 60.2 Å². The van der Waals surface area contributed by atoms with Crippen LogP contribution >= 0.6 is 0 Å². The molecule has 0 spiro atoms. The Morgan fingerprint density at radius 1 is 0.737 bits per heavy atom. The fraction of sp³-hybridized carbons (Fsp3) is 0.235. The molecule has 0 unspecified atom stereocenters. The maximum absolute atomic E-state index is 10.4. The van der Waals surface area contributed by atoms with Gasteiger partial charge >= 0.3 is 0 Å². The Hall–Kier alpha value is -2.09. The van der Waals surface area contributed by atoms with E-state index in [0.717, 1.165) is 17.8 Å². The normalized spacial score (nSPS) is 8.21. The standard InChI is InChI=1S/C13H10O2.2C2H6/c14-10-11-6-8-13(9-7-11)15-12-4-2-1-3-5-12;2*1-2/h1-10H;2*1-2H3. The van der Waals surface area contributed by atoms with Crippen molar-refractivity contribution in [2.24, 2.45) is 0 Å². The van der Waals surface area contributed by atoms with Gasteiger partial charge < -0.3 is 4.74 Å². The summed E-state index contributed by atoms with van der Waals surface area (Å²) in [5, 5.41) is 0. The summed E-state index contributed by atoms with van der Waals surface area (Å²) in [4.78, 5) is 10.4. The Morgan fingerprint density at radius 3 is 1.68 bits per heavy atom. The van der Waals surface area contributed by atoms with E-state index >= 15 is 0 Å². The van der Waals surface area contributed by atoms with Crippen LogP contribution in [0.15, 0.2) is 54.6 Å². The number of aldehydes is 1. The first kappa shape index (κ1) is 16.9. The van der Waals surface area contributed by atoms with Gasteiger partial charge in [0.05, 0.1) is 0 Å². The van der Waals surface area contributed by atoms with Crippen LogP contribution in [0.3, 0.4) is 0 Å². The van der Waals surface area contributed by atoms with Gasteiger partial charge in [-0.1, -0.05) is 45.9 Å². The summed E-state index contributed by atoms with van der Waals surface area (Å²) in [6, 6.07) is 16.5. The maximum Gasteiger partial charge on any atom is 0.150 e. The number of ether oxygens (including phenoxy) is 1. The number of rotatable bonds is 3. The van der Waals surface area contributed by atoms with E-state index in [1.165, 1.54) is 0 Å². The molecule has 0 atom stereocenters. The lowest BCUT2D eigenvalue weighted by molar-refractivity contribution is 0.112. The average molecular weight is 258 g/mol. The van der Waals surface area contributed by atoms with Gasteiger partial charge in [-0.15, -0.1) is 0 Å². The highest BCUT2D eigenvalue weighted by atomic mass is 16.5. The minimum absolute atomic E-state index is 0.649. The Labute approximate surface area is 116 Å². The number of hydrogen-bond donors (Lipinski definition) is 0. The summed E-state index contributed by atoms with van der Waals surface area (Å²) >= 11 is 0. The molecule has 2 aromatic carbocycles. The predicted octanol–water partition coefficient (Wildman–Crippen LogP) is 5.34. The van der Waals surface area contributed by atoms with Crippen LogP contribution in [0.1, 0.15) is 38.1 Å². The molecule has 0 aliphatic heterocycles. The van der Waals surface area contributed by atoms with Gasteiger partial charge in [-0.2, -0.15) is 0 Å². The van der Waals surface area contributed by atoms with E-state index in [1.807, 2.05) is 58.0 Å². The lowest BCUT2D eigenvalue weighted by Crippen LogP contribution is -1.84. The second-order valence-corrected chi connectivity index (χ2v) is 3.10. The van der Waals surface area contributed by atoms with E-state index in [1.54, 1.807) is 24.3 Å². The van der Waals surface area contributed by atoms with Crippen LogP contribution in [0.4, 0.5) is 0 Å². The van der Waals surface area contributed by atoms with E-state index in [-0.39, 0.29) is 0 Å². The zero-order valence-corrected chi connectivity index (χ0v) is 12.1. The number of carbonyl (C=O) groups excluding carboxylic acids is 1. The van der Waals surface area contributed by atoms with Gasteiger partial charge in [0.25, 0.3) is 0 Å². The Balaban J connectivity index is 0.000000741. The molecule has 0 aliphatic carbocycles. The van der Waals surface area contributed by atoms with Crippen LogP contribution in [0.5, 0.6) is 11.5 Å². The monoisotopic (exact) mass is 258 g/mol. The highest BCUT2D eigenvalue weighted by Crippen LogP contribution is 2.20. The van der Waals surface area contributed by atoms with Crippen LogP contribution in [0, 0.1) is 0 Å². The summed E-state index contributed by atoms with van der Waals surface area (Å²) in [5.41, 5.74) is 0.649. The lowest BCUT2D eigenvalue weighted by atomic mass is 10.2. The zero-order valence-electron chi connectivity index (χ0n) is 12.1. The molecule has 2 heteroatoms. The molecule has 2 nitrogen and oxygen atoms in total. The van der Waals surface area contributed by atoms with Gasteiger partial charge in [0.15, 0.2) is 0 Å². The molecule has 2 rings (SSSR count). The zero-order chi connectivity index (χ0) is 14.5. The number of carbonyl (C=O) groups is 1. The van der Waals surface area contributed by atoms with Crippen molar-refractivity contribution in [2.45, 2.75) is 27.7 Å². The second-order valence-electron chi connectivity index (χ2n) is 3.10. The summed E-state index contributed by atoms with van der Waals surface area (Å²) < 4.78 is 5.56. The Bertz CT molecular complexity index is 433. The third kappa shape index (κ3) is 6.41. The highest BCUT2D eigenvalue weighted by molar-refractivity contribution is 5.74. The molecule has 0 aliphatic rings. The first-order chi connectivity index (χ1) is 9.38. The van der Waals surface area contributed by atoms with Gasteiger partial charge in [0.2, 0.25) is 0 Å². The van der Waals surface area contributed by atoms with E-state index in [4.69, 9.17) is 4.74 Å². The summed E-state index contributed by atoms with van der Waals surface area (Å²) in [6.07, 6.45) is 0.812. The predicted molar refractivity (Wildman–Crippen MR) is 81.0 cm³/mol. The van der Waals surface area contributed by atoms with Crippen LogP contribution in [0.25, 0.3) is 0 Å². The minimum atomic E-state index is 0.649. The van der Waals surface area contributed by atoms with Gasteiger partial charge in [-0.25, -0.2) is 0 Å². The van der Waals surface area contributed by atoms with Crippen molar-refractivity contribution >= 4 is 6.29 Å². The molecule has 19 heavy (non-hydrogen) atoms. The maximum atomic E-state index is 10.4. The Kier molecular flexibility index (Phi) is 9.81. The second kappa shape index (κ2) is 11.0. The van der Waals surface area contributed by atoms with Crippen molar-refractivity contribution < 1.29 is 9.53 Å². The molecule has 2 aromatic rings. The molecule has 0 amide bonds. The molecule has 0 fully saturated rings. The minimum Gasteiger partial charge on any atom is -0.457 e. The quantitative estimate of drug-likeness (QED) is 0.694. The van der Waals surface area contributed by atoms with Crippen molar-refractivity contribution in [3.63, 3.8) is 0 Å². The SMILES string of the molecule is CC.CC.O=Cc1ccc(Oc2ccccc2)cc1. The van der Waals surface area contributed by atoms with Crippen molar-refractivity contribution in [2.75, 3.05) is 0 Å². The molecule has 0 N–H and O–H groups in total.